The van der Waals surface area contributed by atoms with Gasteiger partial charge in [-0.3, -0.25) is 4.98 Å². The molecular weight excluding hydrogens is 252 g/mol. The van der Waals surface area contributed by atoms with Gasteiger partial charge in [0.05, 0.1) is 5.69 Å². The number of piperazine rings is 1. The van der Waals surface area contributed by atoms with Gasteiger partial charge in [-0.2, -0.15) is 4.31 Å². The maximum absolute atomic E-state index is 12.5. The summed E-state index contributed by atoms with van der Waals surface area (Å²) in [5, 5.41) is 0. The summed E-state index contributed by atoms with van der Waals surface area (Å²) in [4.78, 5) is 6.06. The predicted molar refractivity (Wildman–Crippen MR) is 69.5 cm³/mol. The van der Waals surface area contributed by atoms with E-state index in [-0.39, 0.29) is 16.6 Å². The zero-order valence-electron chi connectivity index (χ0n) is 10.6. The van der Waals surface area contributed by atoms with Gasteiger partial charge in [0.15, 0.2) is 0 Å². The van der Waals surface area contributed by atoms with Gasteiger partial charge in [-0.1, -0.05) is 0 Å². The maximum Gasteiger partial charge on any atom is 0.246 e. The lowest BCUT2D eigenvalue weighted by molar-refractivity contribution is 0.170. The topological polar surface area (TPSA) is 79.5 Å². The van der Waals surface area contributed by atoms with Crippen LogP contribution in [0.4, 0.5) is 5.69 Å². The second-order valence-electron chi connectivity index (χ2n) is 4.64. The number of hydrogen-bond donors (Lipinski definition) is 1. The van der Waals surface area contributed by atoms with Crippen LogP contribution in [0.2, 0.25) is 0 Å². The van der Waals surface area contributed by atoms with Crippen LogP contribution >= 0.6 is 0 Å². The molecular formula is C11H18N4O2S. The minimum Gasteiger partial charge on any atom is -0.398 e. The molecule has 0 aromatic carbocycles. The Morgan fingerprint density at radius 2 is 2.17 bits per heavy atom. The number of sulfonamides is 1. The Morgan fingerprint density at radius 1 is 1.44 bits per heavy atom. The maximum atomic E-state index is 12.5. The minimum atomic E-state index is -3.55. The second-order valence-corrected chi connectivity index (χ2v) is 6.50. The summed E-state index contributed by atoms with van der Waals surface area (Å²) in [5.41, 5.74) is 5.98. The molecule has 2 heterocycles. The molecule has 0 aliphatic carbocycles. The molecule has 2 N–H and O–H groups in total. The zero-order valence-corrected chi connectivity index (χ0v) is 11.4. The number of anilines is 1. The Morgan fingerprint density at radius 3 is 2.78 bits per heavy atom. The first-order valence-electron chi connectivity index (χ1n) is 5.83. The second kappa shape index (κ2) is 4.83. The monoisotopic (exact) mass is 270 g/mol. The molecule has 0 amide bonds. The third kappa shape index (κ3) is 2.33. The summed E-state index contributed by atoms with van der Waals surface area (Å²) in [6.45, 7) is 3.83. The van der Waals surface area contributed by atoms with E-state index in [4.69, 9.17) is 5.73 Å². The molecule has 1 unspecified atom stereocenters. The van der Waals surface area contributed by atoms with Crippen LogP contribution in [0, 0.1) is 0 Å². The third-order valence-electron chi connectivity index (χ3n) is 3.17. The van der Waals surface area contributed by atoms with Crippen molar-refractivity contribution in [1.82, 2.24) is 14.2 Å². The summed E-state index contributed by atoms with van der Waals surface area (Å²) in [5.74, 6) is 0. The van der Waals surface area contributed by atoms with Gasteiger partial charge in [0, 0.05) is 38.1 Å². The van der Waals surface area contributed by atoms with Crippen LogP contribution in [0.1, 0.15) is 6.92 Å². The van der Waals surface area contributed by atoms with Crippen molar-refractivity contribution in [2.24, 2.45) is 0 Å². The molecule has 1 aliphatic rings. The van der Waals surface area contributed by atoms with Crippen molar-refractivity contribution in [3.05, 3.63) is 18.5 Å². The number of aromatic nitrogens is 1. The summed E-state index contributed by atoms with van der Waals surface area (Å²) in [7, 11) is -1.56. The Hall–Kier alpha value is -1.18. The van der Waals surface area contributed by atoms with Gasteiger partial charge in [0.25, 0.3) is 0 Å². The van der Waals surface area contributed by atoms with Crippen LogP contribution in [-0.2, 0) is 10.0 Å². The molecule has 1 atom stereocenters. The molecule has 1 aliphatic heterocycles. The SMILES string of the molecule is CC1CN(C)CCN1S(=O)(=O)c1cnccc1N. The van der Waals surface area contributed by atoms with E-state index in [1.54, 1.807) is 0 Å². The van der Waals surface area contributed by atoms with E-state index < -0.39 is 10.0 Å². The molecule has 1 aromatic heterocycles. The van der Waals surface area contributed by atoms with Crippen LogP contribution in [0.3, 0.4) is 0 Å². The standard InChI is InChI=1S/C11H18N4O2S/c1-9-8-14(2)5-6-15(9)18(16,17)11-7-13-4-3-10(11)12/h3-4,7,9H,5-6,8H2,1-2H3,(H2,12,13). The number of nitrogens with zero attached hydrogens (tertiary/aromatic N) is 3. The fraction of sp³-hybridized carbons (Fsp3) is 0.545. The molecule has 0 saturated carbocycles. The molecule has 1 saturated heterocycles. The number of hydrogen-bond acceptors (Lipinski definition) is 5. The molecule has 0 bridgehead atoms. The van der Waals surface area contributed by atoms with Crippen LogP contribution in [0.15, 0.2) is 23.4 Å². The Kier molecular flexibility index (Phi) is 3.56. The van der Waals surface area contributed by atoms with Crippen molar-refractivity contribution in [2.75, 3.05) is 32.4 Å². The average molecular weight is 270 g/mol. The molecule has 1 fully saturated rings. The summed E-state index contributed by atoms with van der Waals surface area (Å²) in [6, 6.07) is 1.45. The number of likely N-dealkylation sites (N-methyl/N-ethyl adjacent to an activating group) is 1. The molecule has 0 radical (unpaired) electrons. The van der Waals surface area contributed by atoms with E-state index in [1.165, 1.54) is 22.8 Å². The fourth-order valence-corrected chi connectivity index (χ4v) is 3.89. The summed E-state index contributed by atoms with van der Waals surface area (Å²) < 4.78 is 26.5. The van der Waals surface area contributed by atoms with E-state index in [0.717, 1.165) is 13.1 Å². The van der Waals surface area contributed by atoms with Gasteiger partial charge in [0.2, 0.25) is 10.0 Å². The highest BCUT2D eigenvalue weighted by Gasteiger charge is 2.33. The Balaban J connectivity index is 2.35. The molecule has 1 aromatic rings. The van der Waals surface area contributed by atoms with Crippen molar-refractivity contribution in [2.45, 2.75) is 17.9 Å². The summed E-state index contributed by atoms with van der Waals surface area (Å²) >= 11 is 0. The molecule has 6 nitrogen and oxygen atoms in total. The highest BCUT2D eigenvalue weighted by molar-refractivity contribution is 7.89. The van der Waals surface area contributed by atoms with Crippen molar-refractivity contribution >= 4 is 15.7 Å². The minimum absolute atomic E-state index is 0.0617. The average Bonchev–Trinajstić information content (AvgIpc) is 2.28. The predicted octanol–water partition coefficient (Wildman–Crippen LogP) is -0.0116. The quantitative estimate of drug-likeness (QED) is 0.817. The first-order valence-corrected chi connectivity index (χ1v) is 7.27. The van der Waals surface area contributed by atoms with Gasteiger partial charge in [-0.25, -0.2) is 8.42 Å². The Bertz CT molecular complexity index is 532. The van der Waals surface area contributed by atoms with Crippen molar-refractivity contribution in [3.63, 3.8) is 0 Å². The van der Waals surface area contributed by atoms with Crippen LogP contribution in [0.5, 0.6) is 0 Å². The van der Waals surface area contributed by atoms with E-state index in [9.17, 15) is 8.42 Å². The van der Waals surface area contributed by atoms with E-state index in [0.29, 0.717) is 6.54 Å². The van der Waals surface area contributed by atoms with E-state index in [2.05, 4.69) is 9.88 Å². The molecule has 2 rings (SSSR count). The largest absolute Gasteiger partial charge is 0.398 e. The van der Waals surface area contributed by atoms with Gasteiger partial charge in [0.1, 0.15) is 4.90 Å². The van der Waals surface area contributed by atoms with E-state index >= 15 is 0 Å². The van der Waals surface area contributed by atoms with Crippen molar-refractivity contribution in [1.29, 1.82) is 0 Å². The van der Waals surface area contributed by atoms with Crippen LogP contribution in [0.25, 0.3) is 0 Å². The molecule has 18 heavy (non-hydrogen) atoms. The van der Waals surface area contributed by atoms with Crippen LogP contribution < -0.4 is 5.73 Å². The normalized spacial score (nSPS) is 23.1. The van der Waals surface area contributed by atoms with Gasteiger partial charge in [-0.15, -0.1) is 0 Å². The zero-order chi connectivity index (χ0) is 13.3. The fourth-order valence-electron chi connectivity index (χ4n) is 2.21. The lowest BCUT2D eigenvalue weighted by atomic mass is 10.2. The van der Waals surface area contributed by atoms with Gasteiger partial charge < -0.3 is 10.6 Å². The van der Waals surface area contributed by atoms with Crippen molar-refractivity contribution in [3.8, 4) is 0 Å². The lowest BCUT2D eigenvalue weighted by Gasteiger charge is -2.37. The van der Waals surface area contributed by atoms with E-state index in [1.807, 2.05) is 14.0 Å². The van der Waals surface area contributed by atoms with Crippen LogP contribution in [-0.4, -0.2) is 55.3 Å². The molecule has 0 spiro atoms. The first kappa shape index (κ1) is 13.3. The van der Waals surface area contributed by atoms with Gasteiger partial charge >= 0.3 is 0 Å². The highest BCUT2D eigenvalue weighted by atomic mass is 32.2. The number of nitrogen functional groups attached to an aromatic ring is 1. The smallest absolute Gasteiger partial charge is 0.246 e. The number of rotatable bonds is 2. The Labute approximate surface area is 107 Å². The lowest BCUT2D eigenvalue weighted by Crippen LogP contribution is -2.52. The first-order chi connectivity index (χ1) is 8.43. The molecule has 100 valence electrons. The highest BCUT2D eigenvalue weighted by Crippen LogP contribution is 2.24. The summed E-state index contributed by atoms with van der Waals surface area (Å²) in [6.07, 6.45) is 2.80. The number of nitrogens with two attached hydrogens (primary N) is 1. The number of pyridine rings is 1. The third-order valence-corrected chi connectivity index (χ3v) is 5.23. The molecule has 7 heteroatoms. The van der Waals surface area contributed by atoms with Crippen molar-refractivity contribution < 1.29 is 8.42 Å². The van der Waals surface area contributed by atoms with Gasteiger partial charge in [-0.05, 0) is 20.0 Å².